The molecule has 0 saturated carbocycles. The van der Waals surface area contributed by atoms with E-state index in [1.165, 1.54) is 0 Å². The van der Waals surface area contributed by atoms with Gasteiger partial charge in [0.15, 0.2) is 5.82 Å². The quantitative estimate of drug-likeness (QED) is 0.799. The molecule has 0 fully saturated rings. The molecule has 1 heterocycles. The Morgan fingerprint density at radius 1 is 1.38 bits per heavy atom. The number of aliphatic hydroxyl groups excluding tert-OH is 1. The Hall–Kier alpha value is -2.01. The van der Waals surface area contributed by atoms with Crippen molar-refractivity contribution in [3.05, 3.63) is 23.8 Å². The molecule has 1 aromatic carbocycles. The fourth-order valence-electron chi connectivity index (χ4n) is 2.20. The molecule has 0 radical (unpaired) electrons. The van der Waals surface area contributed by atoms with Crippen LogP contribution in [0.15, 0.2) is 23.2 Å². The number of anilines is 1. The van der Waals surface area contributed by atoms with E-state index in [2.05, 4.69) is 21.9 Å². The van der Waals surface area contributed by atoms with Crippen molar-refractivity contribution in [2.45, 2.75) is 33.1 Å². The number of aliphatic hydroxyl groups is 1. The average molecular weight is 286 g/mol. The fraction of sp³-hybridized carbons (Fsp3) is 0.438. The summed E-state index contributed by atoms with van der Waals surface area (Å²) in [4.78, 5) is 12.9. The van der Waals surface area contributed by atoms with Crippen molar-refractivity contribution in [2.75, 3.05) is 12.3 Å². The van der Waals surface area contributed by atoms with Gasteiger partial charge in [-0.05, 0) is 25.5 Å². The Balaban J connectivity index is 2.34. The Bertz CT molecular complexity index is 639. The third-order valence-electron chi connectivity index (χ3n) is 3.42. The minimum atomic E-state index is 0.0565. The van der Waals surface area contributed by atoms with Gasteiger partial charge in [-0.25, -0.2) is 9.98 Å². The summed E-state index contributed by atoms with van der Waals surface area (Å²) in [5, 5.41) is 10.3. The normalized spacial score (nSPS) is 13.1. The number of hydrogen-bond donors (Lipinski definition) is 2. The second-order valence-electron chi connectivity index (χ2n) is 5.29. The standard InChI is InChI=1S/C16H22N4O/c1-3-4-5-12(10-21)9-18-15-13-8-11(2)6-7-14(13)19-16(17)20-15/h6-9,12,21H,3-5,10H2,1-2H3,(H2,17,19,20)/t12-/m1/s1. The number of aryl methyl sites for hydroxylation is 1. The van der Waals surface area contributed by atoms with Crippen LogP contribution in [-0.4, -0.2) is 27.9 Å². The predicted molar refractivity (Wildman–Crippen MR) is 86.9 cm³/mol. The van der Waals surface area contributed by atoms with Crippen molar-refractivity contribution in [1.82, 2.24) is 9.97 Å². The Labute approximate surface area is 125 Å². The van der Waals surface area contributed by atoms with Gasteiger partial charge in [0.1, 0.15) is 0 Å². The number of nitrogen functional groups attached to an aromatic ring is 1. The molecule has 5 heteroatoms. The van der Waals surface area contributed by atoms with Crippen molar-refractivity contribution in [3.63, 3.8) is 0 Å². The van der Waals surface area contributed by atoms with Crippen LogP contribution in [0.2, 0.25) is 0 Å². The third-order valence-corrected chi connectivity index (χ3v) is 3.42. The van der Waals surface area contributed by atoms with Gasteiger partial charge in [0, 0.05) is 17.5 Å². The summed E-state index contributed by atoms with van der Waals surface area (Å²) in [7, 11) is 0. The summed E-state index contributed by atoms with van der Waals surface area (Å²) in [5.74, 6) is 0.838. The minimum absolute atomic E-state index is 0.0565. The largest absolute Gasteiger partial charge is 0.396 e. The average Bonchev–Trinajstić information content (AvgIpc) is 2.48. The highest BCUT2D eigenvalue weighted by Crippen LogP contribution is 2.24. The highest BCUT2D eigenvalue weighted by atomic mass is 16.3. The van der Waals surface area contributed by atoms with E-state index in [0.717, 1.165) is 35.7 Å². The Morgan fingerprint density at radius 3 is 2.90 bits per heavy atom. The summed E-state index contributed by atoms with van der Waals surface area (Å²) in [6, 6.07) is 5.91. The zero-order valence-corrected chi connectivity index (χ0v) is 12.6. The van der Waals surface area contributed by atoms with E-state index in [9.17, 15) is 5.11 Å². The molecule has 0 spiro atoms. The van der Waals surface area contributed by atoms with Crippen molar-refractivity contribution in [1.29, 1.82) is 0 Å². The smallest absolute Gasteiger partial charge is 0.222 e. The maximum absolute atomic E-state index is 9.39. The topological polar surface area (TPSA) is 84.4 Å². The number of nitrogens with two attached hydrogens (primary N) is 1. The molecule has 0 amide bonds. The number of aromatic nitrogens is 2. The van der Waals surface area contributed by atoms with Crippen LogP contribution in [0.5, 0.6) is 0 Å². The lowest BCUT2D eigenvalue weighted by molar-refractivity contribution is 0.256. The van der Waals surface area contributed by atoms with E-state index in [0.29, 0.717) is 5.82 Å². The summed E-state index contributed by atoms with van der Waals surface area (Å²) in [6.45, 7) is 4.25. The first kappa shape index (κ1) is 15.4. The molecule has 0 saturated heterocycles. The van der Waals surface area contributed by atoms with E-state index in [1.54, 1.807) is 6.21 Å². The van der Waals surface area contributed by atoms with Gasteiger partial charge < -0.3 is 10.8 Å². The molecule has 1 atom stereocenters. The lowest BCUT2D eigenvalue weighted by Crippen LogP contribution is -2.07. The zero-order chi connectivity index (χ0) is 15.2. The molecule has 2 rings (SSSR count). The molecule has 21 heavy (non-hydrogen) atoms. The van der Waals surface area contributed by atoms with Crippen molar-refractivity contribution >= 4 is 28.9 Å². The highest BCUT2D eigenvalue weighted by Gasteiger charge is 2.07. The number of aliphatic imine (C=N–C) groups is 1. The molecule has 0 unspecified atom stereocenters. The maximum atomic E-state index is 9.39. The molecule has 2 aromatic rings. The predicted octanol–water partition coefficient (Wildman–Crippen LogP) is 3.02. The van der Waals surface area contributed by atoms with Gasteiger partial charge in [0.05, 0.1) is 12.1 Å². The van der Waals surface area contributed by atoms with Gasteiger partial charge >= 0.3 is 0 Å². The Morgan fingerprint density at radius 2 is 2.19 bits per heavy atom. The van der Waals surface area contributed by atoms with Crippen molar-refractivity contribution in [3.8, 4) is 0 Å². The van der Waals surface area contributed by atoms with E-state index in [1.807, 2.05) is 25.1 Å². The number of nitrogens with zero attached hydrogens (tertiary/aromatic N) is 3. The van der Waals surface area contributed by atoms with Gasteiger partial charge in [0.25, 0.3) is 0 Å². The van der Waals surface area contributed by atoms with Crippen LogP contribution in [0, 0.1) is 12.8 Å². The number of hydrogen-bond acceptors (Lipinski definition) is 5. The van der Waals surface area contributed by atoms with Gasteiger partial charge in [-0.1, -0.05) is 31.4 Å². The molecule has 112 valence electrons. The number of fused-ring (bicyclic) bond motifs is 1. The summed E-state index contributed by atoms with van der Waals surface area (Å²) >= 11 is 0. The molecule has 3 N–H and O–H groups in total. The molecule has 0 aliphatic heterocycles. The van der Waals surface area contributed by atoms with E-state index >= 15 is 0 Å². The van der Waals surface area contributed by atoms with Gasteiger partial charge in [0.2, 0.25) is 5.95 Å². The lowest BCUT2D eigenvalue weighted by atomic mass is 10.0. The number of unbranched alkanes of at least 4 members (excludes halogenated alkanes) is 1. The first-order chi connectivity index (χ1) is 10.1. The van der Waals surface area contributed by atoms with Crippen LogP contribution in [0.25, 0.3) is 10.9 Å². The van der Waals surface area contributed by atoms with Crippen LogP contribution in [0.4, 0.5) is 11.8 Å². The fourth-order valence-corrected chi connectivity index (χ4v) is 2.20. The van der Waals surface area contributed by atoms with E-state index in [-0.39, 0.29) is 18.5 Å². The van der Waals surface area contributed by atoms with Crippen molar-refractivity contribution < 1.29 is 5.11 Å². The summed E-state index contributed by atoms with van der Waals surface area (Å²) < 4.78 is 0. The van der Waals surface area contributed by atoms with Gasteiger partial charge in [-0.3, -0.25) is 0 Å². The van der Waals surface area contributed by atoms with E-state index < -0.39 is 0 Å². The van der Waals surface area contributed by atoms with Crippen LogP contribution < -0.4 is 5.73 Å². The second-order valence-corrected chi connectivity index (χ2v) is 5.29. The van der Waals surface area contributed by atoms with Gasteiger partial charge in [-0.15, -0.1) is 0 Å². The molecule has 0 bridgehead atoms. The van der Waals surface area contributed by atoms with Crippen LogP contribution in [0.3, 0.4) is 0 Å². The molecular formula is C16H22N4O. The monoisotopic (exact) mass is 286 g/mol. The third kappa shape index (κ3) is 3.98. The molecule has 0 aliphatic carbocycles. The van der Waals surface area contributed by atoms with Crippen LogP contribution >= 0.6 is 0 Å². The first-order valence-corrected chi connectivity index (χ1v) is 7.33. The van der Waals surface area contributed by atoms with Crippen LogP contribution in [-0.2, 0) is 0 Å². The highest BCUT2D eigenvalue weighted by molar-refractivity contribution is 5.90. The first-order valence-electron chi connectivity index (χ1n) is 7.33. The Kier molecular flexibility index (Phi) is 5.22. The lowest BCUT2D eigenvalue weighted by Gasteiger charge is -2.08. The maximum Gasteiger partial charge on any atom is 0.222 e. The number of rotatable bonds is 6. The molecule has 0 aliphatic rings. The van der Waals surface area contributed by atoms with Crippen molar-refractivity contribution in [2.24, 2.45) is 10.9 Å². The van der Waals surface area contributed by atoms with E-state index in [4.69, 9.17) is 5.73 Å². The van der Waals surface area contributed by atoms with Crippen LogP contribution in [0.1, 0.15) is 31.7 Å². The molecular weight excluding hydrogens is 264 g/mol. The number of benzene rings is 1. The SMILES string of the molecule is CCCC[C@H](C=Nc1nc(N)nc2ccc(C)cc12)CO. The minimum Gasteiger partial charge on any atom is -0.396 e. The van der Waals surface area contributed by atoms with Gasteiger partial charge in [-0.2, -0.15) is 4.98 Å². The molecule has 1 aromatic heterocycles. The zero-order valence-electron chi connectivity index (χ0n) is 12.6. The summed E-state index contributed by atoms with van der Waals surface area (Å²) in [5.41, 5.74) is 7.65. The summed E-state index contributed by atoms with van der Waals surface area (Å²) in [6.07, 6.45) is 4.88. The molecule has 5 nitrogen and oxygen atoms in total. The second kappa shape index (κ2) is 7.13.